The molecule has 1 rings (SSSR count). The van der Waals surface area contributed by atoms with Crippen molar-refractivity contribution in [2.24, 2.45) is 5.73 Å². The summed E-state index contributed by atoms with van der Waals surface area (Å²) in [6, 6.07) is 1.63. The fourth-order valence-corrected chi connectivity index (χ4v) is 1.53. The number of pyridine rings is 1. The van der Waals surface area contributed by atoms with Gasteiger partial charge >= 0.3 is 5.97 Å². The molecule has 1 heterocycles. The van der Waals surface area contributed by atoms with Gasteiger partial charge in [0.1, 0.15) is 5.56 Å². The number of nitrogens with zero attached hydrogens (tertiary/aromatic N) is 2. The molecule has 0 unspecified atom stereocenters. The molecule has 0 atom stereocenters. The number of rotatable bonds is 5. The van der Waals surface area contributed by atoms with Gasteiger partial charge in [-0.1, -0.05) is 0 Å². The molecule has 0 fully saturated rings. The van der Waals surface area contributed by atoms with E-state index < -0.39 is 11.9 Å². The first kappa shape index (κ1) is 13.0. The minimum Gasteiger partial charge on any atom is -0.478 e. The number of anilines is 1. The van der Waals surface area contributed by atoms with Gasteiger partial charge in [-0.25, -0.2) is 4.79 Å². The van der Waals surface area contributed by atoms with Crippen LogP contribution in [0.3, 0.4) is 0 Å². The zero-order chi connectivity index (χ0) is 13.0. The van der Waals surface area contributed by atoms with E-state index in [9.17, 15) is 9.59 Å². The molecule has 1 aromatic heterocycles. The van der Waals surface area contributed by atoms with Gasteiger partial charge in [-0.15, -0.1) is 0 Å². The Balaban J connectivity index is 3.20. The predicted octanol–water partition coefficient (Wildman–Crippen LogP) is 0.400. The van der Waals surface area contributed by atoms with E-state index in [-0.39, 0.29) is 12.1 Å². The number of hydrogen-bond donors (Lipinski definition) is 2. The first-order valence-electron chi connectivity index (χ1n) is 5.19. The summed E-state index contributed by atoms with van der Waals surface area (Å²) in [5.41, 5.74) is 6.35. The van der Waals surface area contributed by atoms with Crippen molar-refractivity contribution in [3.8, 4) is 0 Å². The van der Waals surface area contributed by atoms with Gasteiger partial charge in [0.05, 0.1) is 12.2 Å². The van der Waals surface area contributed by atoms with Crippen LogP contribution in [0.2, 0.25) is 0 Å². The second-order valence-electron chi connectivity index (χ2n) is 3.63. The third-order valence-corrected chi connectivity index (χ3v) is 2.32. The van der Waals surface area contributed by atoms with Gasteiger partial charge < -0.3 is 15.7 Å². The number of carboxylic acid groups (broad SMARTS) is 1. The summed E-state index contributed by atoms with van der Waals surface area (Å²) >= 11 is 0. The number of nitrogens with two attached hydrogens (primary N) is 1. The molecule has 92 valence electrons. The fraction of sp³-hybridized carbons (Fsp3) is 0.364. The van der Waals surface area contributed by atoms with Crippen LogP contribution in [0.4, 0.5) is 5.69 Å². The van der Waals surface area contributed by atoms with Crippen molar-refractivity contribution in [3.63, 3.8) is 0 Å². The van der Waals surface area contributed by atoms with E-state index in [1.165, 1.54) is 6.20 Å². The normalized spacial score (nSPS) is 10.0. The smallest absolute Gasteiger partial charge is 0.339 e. The van der Waals surface area contributed by atoms with Gasteiger partial charge in [0, 0.05) is 18.4 Å². The van der Waals surface area contributed by atoms with Gasteiger partial charge in [-0.05, 0) is 19.9 Å². The summed E-state index contributed by atoms with van der Waals surface area (Å²) in [6.45, 7) is 4.06. The quantitative estimate of drug-likeness (QED) is 0.772. The van der Waals surface area contributed by atoms with Crippen LogP contribution in [-0.2, 0) is 4.79 Å². The van der Waals surface area contributed by atoms with Crippen LogP contribution >= 0.6 is 0 Å². The van der Waals surface area contributed by atoms with E-state index in [1.807, 2.05) is 6.92 Å². The SMILES string of the molecule is CCN(CC(N)=O)c1cc(C)ncc1C(=O)O. The van der Waals surface area contributed by atoms with Gasteiger partial charge in [-0.2, -0.15) is 0 Å². The highest BCUT2D eigenvalue weighted by molar-refractivity contribution is 5.95. The lowest BCUT2D eigenvalue weighted by Gasteiger charge is -2.23. The summed E-state index contributed by atoms with van der Waals surface area (Å²) in [5.74, 6) is -1.58. The number of hydrogen-bond acceptors (Lipinski definition) is 4. The van der Waals surface area contributed by atoms with Crippen LogP contribution in [0.15, 0.2) is 12.3 Å². The number of aromatic nitrogens is 1. The maximum absolute atomic E-state index is 11.1. The Morgan fingerprint density at radius 3 is 2.65 bits per heavy atom. The number of carboxylic acids is 1. The molecule has 1 amide bonds. The highest BCUT2D eigenvalue weighted by Gasteiger charge is 2.17. The molecule has 0 aliphatic heterocycles. The lowest BCUT2D eigenvalue weighted by Crippen LogP contribution is -2.34. The zero-order valence-corrected chi connectivity index (χ0v) is 9.80. The van der Waals surface area contributed by atoms with E-state index in [0.29, 0.717) is 17.9 Å². The highest BCUT2D eigenvalue weighted by atomic mass is 16.4. The van der Waals surface area contributed by atoms with Gasteiger partial charge in [0.15, 0.2) is 0 Å². The molecule has 6 heteroatoms. The van der Waals surface area contributed by atoms with Gasteiger partial charge in [-0.3, -0.25) is 9.78 Å². The van der Waals surface area contributed by atoms with Crippen molar-refractivity contribution in [2.75, 3.05) is 18.0 Å². The molecule has 0 radical (unpaired) electrons. The zero-order valence-electron chi connectivity index (χ0n) is 9.80. The molecule has 0 bridgehead atoms. The van der Waals surface area contributed by atoms with Crippen LogP contribution in [0.1, 0.15) is 23.0 Å². The lowest BCUT2D eigenvalue weighted by atomic mass is 10.2. The first-order valence-corrected chi connectivity index (χ1v) is 5.19. The van der Waals surface area contributed by atoms with Crippen molar-refractivity contribution >= 4 is 17.6 Å². The average molecular weight is 237 g/mol. The summed E-state index contributed by atoms with van der Waals surface area (Å²) in [4.78, 5) is 27.5. The molecule has 3 N–H and O–H groups in total. The van der Waals surface area contributed by atoms with Crippen LogP contribution in [0.5, 0.6) is 0 Å². The average Bonchev–Trinajstić information content (AvgIpc) is 2.25. The van der Waals surface area contributed by atoms with Crippen molar-refractivity contribution in [1.82, 2.24) is 4.98 Å². The predicted molar refractivity (Wildman–Crippen MR) is 63.0 cm³/mol. The van der Waals surface area contributed by atoms with Crippen LogP contribution in [0.25, 0.3) is 0 Å². The number of aromatic carboxylic acids is 1. The Bertz CT molecular complexity index is 446. The van der Waals surface area contributed by atoms with E-state index in [4.69, 9.17) is 10.8 Å². The van der Waals surface area contributed by atoms with E-state index >= 15 is 0 Å². The Kier molecular flexibility index (Phi) is 4.03. The third kappa shape index (κ3) is 3.17. The van der Waals surface area contributed by atoms with Crippen molar-refractivity contribution in [2.45, 2.75) is 13.8 Å². The van der Waals surface area contributed by atoms with Crippen molar-refractivity contribution in [3.05, 3.63) is 23.5 Å². The highest BCUT2D eigenvalue weighted by Crippen LogP contribution is 2.20. The summed E-state index contributed by atoms with van der Waals surface area (Å²) in [5, 5.41) is 9.05. The Labute approximate surface area is 99.1 Å². The Morgan fingerprint density at radius 2 is 2.18 bits per heavy atom. The van der Waals surface area contributed by atoms with E-state index in [2.05, 4.69) is 4.98 Å². The Hall–Kier alpha value is -2.11. The second-order valence-corrected chi connectivity index (χ2v) is 3.63. The molecule has 17 heavy (non-hydrogen) atoms. The molecule has 0 saturated carbocycles. The first-order chi connectivity index (χ1) is 7.95. The maximum Gasteiger partial charge on any atom is 0.339 e. The van der Waals surface area contributed by atoms with E-state index in [1.54, 1.807) is 17.9 Å². The molecule has 0 aliphatic rings. The van der Waals surface area contributed by atoms with Crippen molar-refractivity contribution in [1.29, 1.82) is 0 Å². The van der Waals surface area contributed by atoms with Gasteiger partial charge in [0.2, 0.25) is 5.91 Å². The number of likely N-dealkylation sites (N-methyl/N-ethyl adjacent to an activating group) is 1. The molecule has 0 spiro atoms. The number of amides is 1. The van der Waals surface area contributed by atoms with E-state index in [0.717, 1.165) is 0 Å². The number of aryl methyl sites for hydroxylation is 1. The topological polar surface area (TPSA) is 96.5 Å². The maximum atomic E-state index is 11.1. The minimum atomic E-state index is -1.07. The van der Waals surface area contributed by atoms with Crippen LogP contribution in [-0.4, -0.2) is 35.1 Å². The third-order valence-electron chi connectivity index (χ3n) is 2.32. The number of carbonyl (C=O) groups excluding carboxylic acids is 1. The fourth-order valence-electron chi connectivity index (χ4n) is 1.53. The summed E-state index contributed by atoms with van der Waals surface area (Å²) in [6.07, 6.45) is 1.29. The molecular weight excluding hydrogens is 222 g/mol. The van der Waals surface area contributed by atoms with Crippen LogP contribution < -0.4 is 10.6 Å². The Morgan fingerprint density at radius 1 is 1.53 bits per heavy atom. The lowest BCUT2D eigenvalue weighted by molar-refractivity contribution is -0.116. The monoisotopic (exact) mass is 237 g/mol. The largest absolute Gasteiger partial charge is 0.478 e. The molecule has 0 aliphatic carbocycles. The minimum absolute atomic E-state index is 0.0137. The standard InChI is InChI=1S/C11H15N3O3/c1-3-14(6-10(12)15)9-4-7(2)13-5-8(9)11(16)17/h4-5H,3,6H2,1-2H3,(H2,12,15)(H,16,17). The number of carbonyl (C=O) groups is 2. The van der Waals surface area contributed by atoms with Crippen LogP contribution in [0, 0.1) is 6.92 Å². The molecular formula is C11H15N3O3. The molecule has 6 nitrogen and oxygen atoms in total. The van der Waals surface area contributed by atoms with Crippen molar-refractivity contribution < 1.29 is 14.7 Å². The molecule has 1 aromatic rings. The molecule has 0 saturated heterocycles. The summed E-state index contributed by atoms with van der Waals surface area (Å²) < 4.78 is 0. The second kappa shape index (κ2) is 5.29. The number of primary amides is 1. The summed E-state index contributed by atoms with van der Waals surface area (Å²) in [7, 11) is 0. The van der Waals surface area contributed by atoms with Gasteiger partial charge in [0.25, 0.3) is 0 Å². The molecule has 0 aromatic carbocycles.